The molecule has 0 saturated carbocycles. The first-order chi connectivity index (χ1) is 7.65. The lowest BCUT2D eigenvalue weighted by molar-refractivity contribution is 0.970. The lowest BCUT2D eigenvalue weighted by Gasteiger charge is -2.03. The van der Waals surface area contributed by atoms with Crippen LogP contribution < -0.4 is 10.6 Å². The van der Waals surface area contributed by atoms with E-state index in [0.29, 0.717) is 5.69 Å². The Morgan fingerprint density at radius 1 is 1.31 bits per heavy atom. The largest absolute Gasteiger partial charge is 0.397 e. The van der Waals surface area contributed by atoms with Crippen LogP contribution in [0.2, 0.25) is 0 Å². The highest BCUT2D eigenvalue weighted by Crippen LogP contribution is 2.31. The molecule has 2 heterocycles. The molecule has 0 amide bonds. The van der Waals surface area contributed by atoms with Crippen LogP contribution in [0.25, 0.3) is 0 Å². The molecule has 2 aromatic rings. The molecule has 5 nitrogen and oxygen atoms in total. The van der Waals surface area contributed by atoms with Crippen LogP contribution in [0.3, 0.4) is 0 Å². The highest BCUT2D eigenvalue weighted by Gasteiger charge is 2.07. The van der Waals surface area contributed by atoms with Crippen molar-refractivity contribution < 1.29 is 0 Å². The predicted molar refractivity (Wildman–Crippen MR) is 67.0 cm³/mol. The van der Waals surface area contributed by atoms with Gasteiger partial charge in [-0.3, -0.25) is 0 Å². The fraction of sp³-hybridized carbons (Fsp3) is 0.222. The Hall–Kier alpha value is -1.34. The van der Waals surface area contributed by atoms with E-state index >= 15 is 0 Å². The third kappa shape index (κ3) is 2.61. The SMILES string of the molecule is CN(C)c1nnc(Sc2ccc(N)cn2)s1. The Kier molecular flexibility index (Phi) is 3.25. The summed E-state index contributed by atoms with van der Waals surface area (Å²) in [7, 11) is 3.88. The fourth-order valence-electron chi connectivity index (χ4n) is 0.966. The van der Waals surface area contributed by atoms with Gasteiger partial charge in [0.25, 0.3) is 0 Å². The maximum atomic E-state index is 5.56. The van der Waals surface area contributed by atoms with Crippen molar-refractivity contribution in [1.82, 2.24) is 15.2 Å². The number of anilines is 2. The first-order valence-corrected chi connectivity index (χ1v) is 6.18. The second-order valence-electron chi connectivity index (χ2n) is 3.28. The van der Waals surface area contributed by atoms with Crippen LogP contribution >= 0.6 is 23.1 Å². The van der Waals surface area contributed by atoms with Crippen molar-refractivity contribution in [2.24, 2.45) is 0 Å². The van der Waals surface area contributed by atoms with Gasteiger partial charge in [-0.2, -0.15) is 0 Å². The predicted octanol–water partition coefficient (Wildman–Crippen LogP) is 1.73. The van der Waals surface area contributed by atoms with E-state index in [4.69, 9.17) is 5.73 Å². The summed E-state index contributed by atoms with van der Waals surface area (Å²) in [6, 6.07) is 3.69. The minimum atomic E-state index is 0.663. The standard InChI is InChI=1S/C9H11N5S2/c1-14(2)8-12-13-9(16-8)15-7-4-3-6(10)5-11-7/h3-5H,10H2,1-2H3. The van der Waals surface area contributed by atoms with E-state index in [-0.39, 0.29) is 0 Å². The Labute approximate surface area is 102 Å². The highest BCUT2D eigenvalue weighted by atomic mass is 32.2. The number of pyridine rings is 1. The molecule has 0 unspecified atom stereocenters. The van der Waals surface area contributed by atoms with Crippen LogP contribution in [0.5, 0.6) is 0 Å². The van der Waals surface area contributed by atoms with Gasteiger partial charge >= 0.3 is 0 Å². The fourth-order valence-corrected chi connectivity index (χ4v) is 2.62. The number of aromatic nitrogens is 3. The molecule has 84 valence electrons. The van der Waals surface area contributed by atoms with Gasteiger partial charge in [-0.25, -0.2) is 4.98 Å². The average Bonchev–Trinajstić information content (AvgIpc) is 2.70. The van der Waals surface area contributed by atoms with E-state index in [0.717, 1.165) is 14.5 Å². The second kappa shape index (κ2) is 4.67. The van der Waals surface area contributed by atoms with Gasteiger partial charge in [-0.05, 0) is 23.9 Å². The first-order valence-electron chi connectivity index (χ1n) is 4.55. The van der Waals surface area contributed by atoms with Crippen LogP contribution in [0.4, 0.5) is 10.8 Å². The summed E-state index contributed by atoms with van der Waals surface area (Å²) < 4.78 is 0.876. The van der Waals surface area contributed by atoms with Gasteiger partial charge in [0, 0.05) is 14.1 Å². The first kappa shape index (κ1) is 11.2. The summed E-state index contributed by atoms with van der Waals surface area (Å²) in [5, 5.41) is 9.88. The Morgan fingerprint density at radius 2 is 2.12 bits per heavy atom. The zero-order chi connectivity index (χ0) is 11.5. The van der Waals surface area contributed by atoms with E-state index in [1.54, 1.807) is 6.20 Å². The molecular formula is C9H11N5S2. The van der Waals surface area contributed by atoms with Crippen LogP contribution in [0, 0.1) is 0 Å². The number of nitrogens with two attached hydrogens (primary N) is 1. The molecule has 2 N–H and O–H groups in total. The Morgan fingerprint density at radius 3 is 2.69 bits per heavy atom. The van der Waals surface area contributed by atoms with Crippen molar-refractivity contribution in [1.29, 1.82) is 0 Å². The van der Waals surface area contributed by atoms with Crippen molar-refractivity contribution in [3.05, 3.63) is 18.3 Å². The zero-order valence-electron chi connectivity index (χ0n) is 8.91. The van der Waals surface area contributed by atoms with E-state index < -0.39 is 0 Å². The molecule has 0 saturated heterocycles. The van der Waals surface area contributed by atoms with E-state index in [1.165, 1.54) is 23.1 Å². The van der Waals surface area contributed by atoms with Gasteiger partial charge in [0.1, 0.15) is 5.03 Å². The monoisotopic (exact) mass is 253 g/mol. The van der Waals surface area contributed by atoms with Crippen molar-refractivity contribution in [3.8, 4) is 0 Å². The van der Waals surface area contributed by atoms with Gasteiger partial charge in [0.05, 0.1) is 11.9 Å². The van der Waals surface area contributed by atoms with Crippen molar-refractivity contribution >= 4 is 33.9 Å². The third-order valence-corrected chi connectivity index (χ3v) is 3.82. The third-order valence-electron chi connectivity index (χ3n) is 1.73. The minimum Gasteiger partial charge on any atom is -0.397 e. The number of hydrogen-bond donors (Lipinski definition) is 1. The molecule has 0 atom stereocenters. The highest BCUT2D eigenvalue weighted by molar-refractivity contribution is 8.01. The molecule has 0 bridgehead atoms. The molecule has 0 aliphatic heterocycles. The number of rotatable bonds is 3. The lowest BCUT2D eigenvalue weighted by Crippen LogP contribution is -2.07. The summed E-state index contributed by atoms with van der Waals surface area (Å²) in [4.78, 5) is 6.12. The number of nitrogens with zero attached hydrogens (tertiary/aromatic N) is 4. The van der Waals surface area contributed by atoms with Crippen molar-refractivity contribution in [2.75, 3.05) is 24.7 Å². The second-order valence-corrected chi connectivity index (χ2v) is 5.50. The van der Waals surface area contributed by atoms with Crippen LogP contribution in [0.1, 0.15) is 0 Å². The van der Waals surface area contributed by atoms with Gasteiger partial charge in [-0.15, -0.1) is 10.2 Å². The summed E-state index contributed by atoms with van der Waals surface area (Å²) in [6.07, 6.45) is 1.64. The molecule has 0 aromatic carbocycles. The molecule has 16 heavy (non-hydrogen) atoms. The Balaban J connectivity index is 2.11. The molecular weight excluding hydrogens is 242 g/mol. The summed E-state index contributed by atoms with van der Waals surface area (Å²) in [6.45, 7) is 0. The summed E-state index contributed by atoms with van der Waals surface area (Å²) in [5.74, 6) is 0. The van der Waals surface area contributed by atoms with E-state index in [2.05, 4.69) is 15.2 Å². The molecule has 0 fully saturated rings. The average molecular weight is 253 g/mol. The zero-order valence-corrected chi connectivity index (χ0v) is 10.5. The topological polar surface area (TPSA) is 67.9 Å². The van der Waals surface area contributed by atoms with Gasteiger partial charge < -0.3 is 10.6 Å². The summed E-state index contributed by atoms with van der Waals surface area (Å²) >= 11 is 3.02. The van der Waals surface area contributed by atoms with Crippen LogP contribution in [0.15, 0.2) is 27.7 Å². The minimum absolute atomic E-state index is 0.663. The Bertz CT molecular complexity index is 465. The molecule has 2 rings (SSSR count). The van der Waals surface area contributed by atoms with E-state index in [1.807, 2.05) is 31.1 Å². The summed E-state index contributed by atoms with van der Waals surface area (Å²) in [5.41, 5.74) is 6.22. The molecule has 0 aliphatic rings. The van der Waals surface area contributed by atoms with Gasteiger partial charge in [-0.1, -0.05) is 11.3 Å². The molecule has 0 aliphatic carbocycles. The maximum Gasteiger partial charge on any atom is 0.208 e. The van der Waals surface area contributed by atoms with E-state index in [9.17, 15) is 0 Å². The maximum absolute atomic E-state index is 5.56. The number of hydrogen-bond acceptors (Lipinski definition) is 7. The molecule has 0 radical (unpaired) electrons. The molecule has 0 spiro atoms. The smallest absolute Gasteiger partial charge is 0.208 e. The number of nitrogen functional groups attached to an aromatic ring is 1. The lowest BCUT2D eigenvalue weighted by atomic mass is 10.4. The normalized spacial score (nSPS) is 10.4. The molecule has 2 aromatic heterocycles. The van der Waals surface area contributed by atoms with Crippen molar-refractivity contribution in [3.63, 3.8) is 0 Å². The van der Waals surface area contributed by atoms with Gasteiger partial charge in [0.2, 0.25) is 5.13 Å². The van der Waals surface area contributed by atoms with Crippen LogP contribution in [-0.2, 0) is 0 Å². The quantitative estimate of drug-likeness (QED) is 0.898. The van der Waals surface area contributed by atoms with Crippen LogP contribution in [-0.4, -0.2) is 29.3 Å². The van der Waals surface area contributed by atoms with Gasteiger partial charge in [0.15, 0.2) is 4.34 Å². The van der Waals surface area contributed by atoms with Crippen molar-refractivity contribution in [2.45, 2.75) is 9.37 Å². The molecule has 7 heteroatoms.